The average Bonchev–Trinajstić information content (AvgIpc) is 2.71. The first kappa shape index (κ1) is 11.1. The van der Waals surface area contributed by atoms with Crippen molar-refractivity contribution in [2.45, 2.75) is 26.3 Å². The summed E-state index contributed by atoms with van der Waals surface area (Å²) in [4.78, 5) is 0.438. The van der Waals surface area contributed by atoms with E-state index in [1.54, 1.807) is 4.68 Å². The van der Waals surface area contributed by atoms with Crippen molar-refractivity contribution in [1.29, 1.82) is 0 Å². The fraction of sp³-hybridized carbons (Fsp3) is 0.333. The molecular weight excluding hydrogens is 220 g/mol. The highest BCUT2D eigenvalue weighted by atomic mass is 32.1. The maximum absolute atomic E-state index is 5.49. The molecule has 1 aromatic carbocycles. The largest absolute Gasteiger partial charge is 0.409 e. The highest BCUT2D eigenvalue weighted by Crippen LogP contribution is 2.19. The molecule has 0 bridgehead atoms. The first-order chi connectivity index (χ1) is 7.72. The van der Waals surface area contributed by atoms with Crippen LogP contribution >= 0.6 is 12.2 Å². The third-order valence-electron chi connectivity index (χ3n) is 2.60. The van der Waals surface area contributed by atoms with Gasteiger partial charge in [0.1, 0.15) is 0 Å². The van der Waals surface area contributed by atoms with Gasteiger partial charge in [-0.2, -0.15) is 0 Å². The summed E-state index contributed by atoms with van der Waals surface area (Å²) in [7, 11) is 0. The smallest absolute Gasteiger partial charge is 0.287 e. The molecule has 0 saturated carbocycles. The minimum atomic E-state index is 0.272. The Morgan fingerprint density at radius 1 is 1.38 bits per heavy atom. The zero-order chi connectivity index (χ0) is 11.5. The fourth-order valence-electron chi connectivity index (χ4n) is 1.44. The Morgan fingerprint density at radius 3 is 2.69 bits per heavy atom. The molecule has 1 unspecified atom stereocenters. The second-order valence-corrected chi connectivity index (χ2v) is 4.09. The van der Waals surface area contributed by atoms with E-state index in [0.717, 1.165) is 12.0 Å². The van der Waals surface area contributed by atoms with Crippen LogP contribution in [0.1, 0.15) is 26.3 Å². The predicted molar refractivity (Wildman–Crippen MR) is 65.8 cm³/mol. The Balaban J connectivity index is 2.42. The van der Waals surface area contributed by atoms with E-state index in [9.17, 15) is 0 Å². The van der Waals surface area contributed by atoms with Crippen molar-refractivity contribution in [2.75, 3.05) is 0 Å². The van der Waals surface area contributed by atoms with Gasteiger partial charge in [-0.15, -0.1) is 5.10 Å². The Kier molecular flexibility index (Phi) is 3.19. The van der Waals surface area contributed by atoms with Gasteiger partial charge in [-0.1, -0.05) is 25.1 Å². The highest BCUT2D eigenvalue weighted by Gasteiger charge is 2.11. The van der Waals surface area contributed by atoms with Crippen molar-refractivity contribution in [3.05, 3.63) is 35.2 Å². The van der Waals surface area contributed by atoms with Gasteiger partial charge in [0.2, 0.25) is 5.89 Å². The van der Waals surface area contributed by atoms with E-state index in [2.05, 4.69) is 18.9 Å². The highest BCUT2D eigenvalue weighted by molar-refractivity contribution is 7.71. The van der Waals surface area contributed by atoms with E-state index >= 15 is 0 Å². The minimum Gasteiger partial charge on any atom is -0.409 e. The first-order valence-corrected chi connectivity index (χ1v) is 5.78. The molecular formula is C12H14N2OS. The van der Waals surface area contributed by atoms with E-state index in [1.165, 1.54) is 0 Å². The van der Waals surface area contributed by atoms with Crippen molar-refractivity contribution in [3.63, 3.8) is 0 Å². The van der Waals surface area contributed by atoms with Crippen molar-refractivity contribution in [3.8, 4) is 11.5 Å². The number of rotatable bonds is 3. The summed E-state index contributed by atoms with van der Waals surface area (Å²) in [5, 5.41) is 4.40. The monoisotopic (exact) mass is 234 g/mol. The van der Waals surface area contributed by atoms with Crippen molar-refractivity contribution < 1.29 is 4.42 Å². The molecule has 1 atom stereocenters. The van der Waals surface area contributed by atoms with Gasteiger partial charge in [0, 0.05) is 5.56 Å². The number of benzene rings is 1. The molecule has 0 fully saturated rings. The number of nitrogens with zero attached hydrogens (tertiary/aromatic N) is 2. The molecule has 16 heavy (non-hydrogen) atoms. The Morgan fingerprint density at radius 2 is 2.06 bits per heavy atom. The maximum atomic E-state index is 5.49. The van der Waals surface area contributed by atoms with Gasteiger partial charge in [-0.05, 0) is 37.7 Å². The van der Waals surface area contributed by atoms with Gasteiger partial charge < -0.3 is 4.42 Å². The summed E-state index contributed by atoms with van der Waals surface area (Å²) in [6, 6.07) is 10.1. The van der Waals surface area contributed by atoms with E-state index in [0.29, 0.717) is 10.7 Å². The lowest BCUT2D eigenvalue weighted by Crippen LogP contribution is -2.05. The minimum absolute atomic E-state index is 0.272. The fourth-order valence-corrected chi connectivity index (χ4v) is 1.74. The van der Waals surface area contributed by atoms with Crippen LogP contribution in [-0.2, 0) is 0 Å². The third kappa shape index (κ3) is 2.07. The zero-order valence-corrected chi connectivity index (χ0v) is 10.2. The Hall–Kier alpha value is -1.42. The molecule has 1 heterocycles. The average molecular weight is 234 g/mol. The molecule has 0 radical (unpaired) electrons. The molecule has 1 aromatic heterocycles. The molecule has 0 saturated heterocycles. The normalized spacial score (nSPS) is 12.6. The molecule has 0 aliphatic heterocycles. The zero-order valence-electron chi connectivity index (χ0n) is 9.38. The predicted octanol–water partition coefficient (Wildman–Crippen LogP) is 3.84. The van der Waals surface area contributed by atoms with Crippen LogP contribution in [0.3, 0.4) is 0 Å². The van der Waals surface area contributed by atoms with Gasteiger partial charge in [0.15, 0.2) is 0 Å². The van der Waals surface area contributed by atoms with Crippen LogP contribution < -0.4 is 0 Å². The van der Waals surface area contributed by atoms with Crippen molar-refractivity contribution in [1.82, 2.24) is 9.78 Å². The molecule has 0 aliphatic carbocycles. The first-order valence-electron chi connectivity index (χ1n) is 5.37. The van der Waals surface area contributed by atoms with Crippen LogP contribution in [0.4, 0.5) is 0 Å². The summed E-state index contributed by atoms with van der Waals surface area (Å²) >= 11 is 5.15. The summed E-state index contributed by atoms with van der Waals surface area (Å²) in [5.41, 5.74) is 0.954. The van der Waals surface area contributed by atoms with E-state index in [-0.39, 0.29) is 6.04 Å². The quantitative estimate of drug-likeness (QED) is 0.756. The molecule has 2 rings (SSSR count). The molecule has 4 heteroatoms. The molecule has 0 aliphatic rings. The van der Waals surface area contributed by atoms with Crippen LogP contribution in [0.25, 0.3) is 11.5 Å². The topological polar surface area (TPSA) is 31.0 Å². The number of aromatic nitrogens is 2. The third-order valence-corrected chi connectivity index (χ3v) is 2.87. The number of hydrogen-bond acceptors (Lipinski definition) is 3. The summed E-state index contributed by atoms with van der Waals surface area (Å²) in [6.45, 7) is 4.18. The summed E-state index contributed by atoms with van der Waals surface area (Å²) in [5.74, 6) is 0.589. The molecule has 3 nitrogen and oxygen atoms in total. The lowest BCUT2D eigenvalue weighted by Gasteiger charge is -2.05. The Labute approximate surface area is 99.7 Å². The van der Waals surface area contributed by atoms with Gasteiger partial charge in [0.25, 0.3) is 4.84 Å². The van der Waals surface area contributed by atoms with Gasteiger partial charge >= 0.3 is 0 Å². The van der Waals surface area contributed by atoms with Gasteiger partial charge in [-0.25, -0.2) is 4.68 Å². The number of hydrogen-bond donors (Lipinski definition) is 0. The van der Waals surface area contributed by atoms with Crippen LogP contribution in [0.5, 0.6) is 0 Å². The van der Waals surface area contributed by atoms with Crippen LogP contribution in [0.2, 0.25) is 0 Å². The van der Waals surface area contributed by atoms with Crippen molar-refractivity contribution >= 4 is 12.2 Å². The second-order valence-electron chi connectivity index (χ2n) is 3.74. The van der Waals surface area contributed by atoms with Crippen molar-refractivity contribution in [2.24, 2.45) is 0 Å². The Bertz CT molecular complexity index is 515. The molecule has 0 spiro atoms. The van der Waals surface area contributed by atoms with Crippen LogP contribution in [0.15, 0.2) is 34.7 Å². The molecule has 2 aromatic rings. The lowest BCUT2D eigenvalue weighted by atomic mass is 10.2. The van der Waals surface area contributed by atoms with Gasteiger partial charge in [0.05, 0.1) is 6.04 Å². The maximum Gasteiger partial charge on any atom is 0.287 e. The second kappa shape index (κ2) is 4.61. The van der Waals surface area contributed by atoms with E-state index < -0.39 is 0 Å². The summed E-state index contributed by atoms with van der Waals surface area (Å²) in [6.07, 6.45) is 0.981. The SMILES string of the molecule is CCC(C)n1nc(-c2ccccc2)oc1=S. The lowest BCUT2D eigenvalue weighted by molar-refractivity contribution is 0.441. The van der Waals surface area contributed by atoms with Gasteiger partial charge in [-0.3, -0.25) is 0 Å². The molecule has 0 N–H and O–H groups in total. The van der Waals surface area contributed by atoms with Crippen LogP contribution in [-0.4, -0.2) is 9.78 Å². The van der Waals surface area contributed by atoms with E-state index in [4.69, 9.17) is 16.6 Å². The van der Waals surface area contributed by atoms with Crippen LogP contribution in [0, 0.1) is 4.84 Å². The van der Waals surface area contributed by atoms with E-state index in [1.807, 2.05) is 30.3 Å². The molecule has 84 valence electrons. The molecule has 0 amide bonds. The standard InChI is InChI=1S/C12H14N2OS/c1-3-9(2)14-12(16)15-11(13-14)10-7-5-4-6-8-10/h4-9H,3H2,1-2H3. The summed E-state index contributed by atoms with van der Waals surface area (Å²) < 4.78 is 7.25.